The summed E-state index contributed by atoms with van der Waals surface area (Å²) in [6, 6.07) is 14.7. The van der Waals surface area contributed by atoms with Gasteiger partial charge >= 0.3 is 0 Å². The second-order valence-corrected chi connectivity index (χ2v) is 5.25. The highest BCUT2D eigenvalue weighted by molar-refractivity contribution is 6.30. The van der Waals surface area contributed by atoms with Crippen molar-refractivity contribution in [1.82, 2.24) is 5.32 Å². The molecule has 0 aliphatic rings. The van der Waals surface area contributed by atoms with Gasteiger partial charge < -0.3 is 29.9 Å². The van der Waals surface area contributed by atoms with Gasteiger partial charge in [0, 0.05) is 0 Å². The van der Waals surface area contributed by atoms with E-state index >= 15 is 0 Å². The molecule has 1 N–H and O–H groups in total. The fourth-order valence-electron chi connectivity index (χ4n) is 2.11. The largest absolute Gasteiger partial charge is 0.548 e. The Morgan fingerprint density at radius 2 is 1.56 bits per heavy atom. The molecule has 25 heavy (non-hydrogen) atoms. The zero-order valence-corrected chi connectivity index (χ0v) is 13.1. The normalized spacial score (nSPS) is 11.4. The molecule has 0 aromatic heterocycles. The van der Waals surface area contributed by atoms with E-state index in [4.69, 9.17) is 4.74 Å². The Bertz CT molecular complexity index is 742. The molecule has 0 spiro atoms. The van der Waals surface area contributed by atoms with Crippen molar-refractivity contribution in [1.29, 1.82) is 0 Å². The molecule has 0 aliphatic carbocycles. The Morgan fingerprint density at radius 3 is 2.12 bits per heavy atom. The van der Waals surface area contributed by atoms with Gasteiger partial charge in [0.2, 0.25) is 0 Å². The molecule has 2 rings (SSSR count). The van der Waals surface area contributed by atoms with Crippen molar-refractivity contribution in [2.24, 2.45) is 0 Å². The van der Waals surface area contributed by atoms with Crippen LogP contribution in [-0.2, 0) is 27.4 Å². The first-order chi connectivity index (χ1) is 12.0. The minimum Gasteiger partial charge on any atom is -0.548 e. The molecule has 2 aromatic carbocycles. The second kappa shape index (κ2) is 8.49. The molecule has 0 radical (unpaired) electrons. The molecule has 0 aliphatic heterocycles. The van der Waals surface area contributed by atoms with Crippen molar-refractivity contribution in [3.63, 3.8) is 0 Å². The Balaban J connectivity index is 1.94. The average Bonchev–Trinajstić information content (AvgIpc) is 2.61. The van der Waals surface area contributed by atoms with Crippen LogP contribution in [0.25, 0.3) is 0 Å². The third-order valence-electron chi connectivity index (χ3n) is 3.39. The predicted octanol–water partition coefficient (Wildman–Crippen LogP) is -1.21. The number of rotatable bonds is 7. The van der Waals surface area contributed by atoms with E-state index in [1.807, 2.05) is 35.6 Å². The van der Waals surface area contributed by atoms with Crippen LogP contribution >= 0.6 is 0 Å². The lowest BCUT2D eigenvalue weighted by Crippen LogP contribution is -2.53. The highest BCUT2D eigenvalue weighted by Crippen LogP contribution is 2.15. The number of ether oxygens (including phenoxy) is 1. The zero-order chi connectivity index (χ0) is 18.2. The van der Waals surface area contributed by atoms with Gasteiger partial charge in [-0.2, -0.15) is 0 Å². The number of hydrogen-bond donors (Lipinski definition) is 1. The van der Waals surface area contributed by atoms with Gasteiger partial charge in [0.05, 0.1) is 12.0 Å². The van der Waals surface area contributed by atoms with Crippen LogP contribution in [-0.4, -0.2) is 23.9 Å². The molecule has 0 heterocycles. The monoisotopic (exact) mass is 341 g/mol. The van der Waals surface area contributed by atoms with E-state index in [2.05, 4.69) is 0 Å². The van der Waals surface area contributed by atoms with Gasteiger partial charge in [0.25, 0.3) is 5.91 Å². The Kier molecular flexibility index (Phi) is 6.11. The highest BCUT2D eigenvalue weighted by atomic mass is 16.5. The fourth-order valence-corrected chi connectivity index (χ4v) is 2.11. The maximum absolute atomic E-state index is 11.0. The number of carboxylic acids is 2. The standard InChI is InChI=1S/C18H17NO6/c20-16(18(23)24)19-15(17(21)22)10-12-6-8-14(9-7-12)25-11-13-4-2-1-3-5-13/h1-9,15H,10-11H2,(H,19,20)(H,21,22)(H,23,24)/p-2/t15-/m1/s1. The summed E-state index contributed by atoms with van der Waals surface area (Å²) in [5.74, 6) is -4.50. The summed E-state index contributed by atoms with van der Waals surface area (Å²) in [4.78, 5) is 32.5. The molecule has 7 nitrogen and oxygen atoms in total. The number of carboxylic acid groups (broad SMARTS) is 2. The summed E-state index contributed by atoms with van der Waals surface area (Å²) in [6.45, 7) is 0.392. The van der Waals surface area contributed by atoms with Crippen LogP contribution in [0, 0.1) is 0 Å². The number of nitrogens with one attached hydrogen (secondary N) is 1. The van der Waals surface area contributed by atoms with Crippen LogP contribution in [0.3, 0.4) is 0 Å². The van der Waals surface area contributed by atoms with Gasteiger partial charge in [0.15, 0.2) is 0 Å². The molecule has 0 bridgehead atoms. The van der Waals surface area contributed by atoms with E-state index in [9.17, 15) is 24.6 Å². The van der Waals surface area contributed by atoms with Crippen LogP contribution in [0.15, 0.2) is 54.6 Å². The summed E-state index contributed by atoms with van der Waals surface area (Å²) in [5.41, 5.74) is 1.58. The first kappa shape index (κ1) is 18.0. The summed E-state index contributed by atoms with van der Waals surface area (Å²) in [7, 11) is 0. The molecule has 0 saturated carbocycles. The summed E-state index contributed by atoms with van der Waals surface area (Å²) >= 11 is 0. The summed E-state index contributed by atoms with van der Waals surface area (Å²) in [6.07, 6.45) is -0.125. The Hall–Kier alpha value is -3.35. The third-order valence-corrected chi connectivity index (χ3v) is 3.39. The molecule has 0 unspecified atom stereocenters. The van der Waals surface area contributed by atoms with Gasteiger partial charge in [0.1, 0.15) is 18.3 Å². The maximum atomic E-state index is 11.0. The van der Waals surface area contributed by atoms with Crippen molar-refractivity contribution in [2.75, 3.05) is 0 Å². The van der Waals surface area contributed by atoms with Crippen molar-refractivity contribution >= 4 is 17.8 Å². The van der Waals surface area contributed by atoms with Gasteiger partial charge in [-0.15, -0.1) is 0 Å². The summed E-state index contributed by atoms with van der Waals surface area (Å²) < 4.78 is 5.61. The SMILES string of the molecule is O=C([O-])C(=O)N[C@H](Cc1ccc(OCc2ccccc2)cc1)C(=O)[O-]. The number of benzene rings is 2. The van der Waals surface area contributed by atoms with Gasteiger partial charge in [-0.3, -0.25) is 4.79 Å². The average molecular weight is 341 g/mol. The van der Waals surface area contributed by atoms with Crippen molar-refractivity contribution < 1.29 is 29.3 Å². The van der Waals surface area contributed by atoms with Gasteiger partial charge in [-0.25, -0.2) is 0 Å². The van der Waals surface area contributed by atoms with E-state index in [0.29, 0.717) is 17.9 Å². The lowest BCUT2D eigenvalue weighted by atomic mass is 10.1. The molecule has 2 aromatic rings. The molecular weight excluding hydrogens is 326 g/mol. The van der Waals surface area contributed by atoms with E-state index in [-0.39, 0.29) is 6.42 Å². The van der Waals surface area contributed by atoms with Crippen molar-refractivity contribution in [3.05, 3.63) is 65.7 Å². The van der Waals surface area contributed by atoms with Crippen LogP contribution < -0.4 is 20.3 Å². The first-order valence-electron chi connectivity index (χ1n) is 7.44. The fraction of sp³-hybridized carbons (Fsp3) is 0.167. The lowest BCUT2D eigenvalue weighted by molar-refractivity contribution is -0.308. The second-order valence-electron chi connectivity index (χ2n) is 5.25. The maximum Gasteiger partial charge on any atom is 0.267 e. The number of aliphatic carboxylic acids is 2. The zero-order valence-electron chi connectivity index (χ0n) is 13.1. The van der Waals surface area contributed by atoms with E-state index in [1.165, 1.54) is 0 Å². The molecule has 0 saturated heterocycles. The minimum atomic E-state index is -2.00. The highest BCUT2D eigenvalue weighted by Gasteiger charge is 2.15. The predicted molar refractivity (Wildman–Crippen MR) is 82.9 cm³/mol. The van der Waals surface area contributed by atoms with Crippen LogP contribution in [0.5, 0.6) is 5.75 Å². The molecule has 130 valence electrons. The number of hydrogen-bond acceptors (Lipinski definition) is 6. The molecule has 1 atom stereocenters. The Morgan fingerprint density at radius 1 is 0.920 bits per heavy atom. The topological polar surface area (TPSA) is 119 Å². The van der Waals surface area contributed by atoms with Crippen LogP contribution in [0.2, 0.25) is 0 Å². The van der Waals surface area contributed by atoms with E-state index < -0.39 is 23.9 Å². The molecule has 1 amide bonds. The van der Waals surface area contributed by atoms with Crippen molar-refractivity contribution in [3.8, 4) is 5.75 Å². The first-order valence-corrected chi connectivity index (χ1v) is 7.44. The van der Waals surface area contributed by atoms with Crippen molar-refractivity contribution in [2.45, 2.75) is 19.1 Å². The molecule has 7 heteroatoms. The van der Waals surface area contributed by atoms with Gasteiger partial charge in [-0.05, 0) is 29.7 Å². The quantitative estimate of drug-likeness (QED) is 0.632. The Labute approximate surface area is 143 Å². The number of carbonyl (C=O) groups is 3. The van der Waals surface area contributed by atoms with Gasteiger partial charge in [-0.1, -0.05) is 42.5 Å². The summed E-state index contributed by atoms with van der Waals surface area (Å²) in [5, 5.41) is 23.2. The number of carbonyl (C=O) groups excluding carboxylic acids is 3. The lowest BCUT2D eigenvalue weighted by Gasteiger charge is -2.20. The molecular formula is C18H15NO6-2. The molecule has 0 fully saturated rings. The number of amides is 1. The van der Waals surface area contributed by atoms with E-state index in [1.54, 1.807) is 24.3 Å². The van der Waals surface area contributed by atoms with Crippen LogP contribution in [0.1, 0.15) is 11.1 Å². The minimum absolute atomic E-state index is 0.125. The smallest absolute Gasteiger partial charge is 0.267 e. The third kappa shape index (κ3) is 5.65. The van der Waals surface area contributed by atoms with Crippen LogP contribution in [0.4, 0.5) is 0 Å². The van der Waals surface area contributed by atoms with E-state index in [0.717, 1.165) is 5.56 Å².